The maximum absolute atomic E-state index is 11.6. The molecule has 134 valence electrons. The van der Waals surface area contributed by atoms with Gasteiger partial charge in [-0.2, -0.15) is 0 Å². The van der Waals surface area contributed by atoms with Gasteiger partial charge in [-0.05, 0) is 0 Å². The fourth-order valence-corrected chi connectivity index (χ4v) is 2.66. The monoisotopic (exact) mass is 384 g/mol. The molecule has 1 saturated heterocycles. The summed E-state index contributed by atoms with van der Waals surface area (Å²) in [4.78, 5) is 39.1. The van der Waals surface area contributed by atoms with Crippen molar-refractivity contribution in [3.05, 3.63) is 23.0 Å². The molecule has 2 aromatic rings. The van der Waals surface area contributed by atoms with Crippen molar-refractivity contribution >= 4 is 31.4 Å². The normalized spacial score (nSPS) is 27.3. The third-order valence-corrected chi connectivity index (χ3v) is 3.87. The number of rotatable bonds is 4. The maximum atomic E-state index is 11.6. The molecule has 5 N–H and O–H groups in total. The topological polar surface area (TPSA) is 180 Å². The fourth-order valence-electron chi connectivity index (χ4n) is 2.32. The molecule has 1 fully saturated rings. The molecule has 0 saturated carbocycles. The molecule has 14 heteroatoms. The average molecular weight is 385 g/mol. The summed E-state index contributed by atoms with van der Waals surface area (Å²) in [6, 6.07) is 0. The van der Waals surface area contributed by atoms with Crippen molar-refractivity contribution in [2.24, 2.45) is 0 Å². The van der Waals surface area contributed by atoms with Gasteiger partial charge < -0.3 is 29.7 Å². The Hall–Kier alpha value is -1.37. The van der Waals surface area contributed by atoms with Crippen LogP contribution in [0, 0.1) is 0 Å². The van der Waals surface area contributed by atoms with Crippen molar-refractivity contribution in [1.82, 2.24) is 19.5 Å². The predicted molar refractivity (Wildman–Crippen MR) is 79.3 cm³/mol. The summed E-state index contributed by atoms with van der Waals surface area (Å²) < 4.78 is 21.6. The maximum Gasteiger partial charge on any atom is 0.469 e. The highest BCUT2D eigenvalue weighted by Crippen LogP contribution is 2.38. The first-order valence-electron chi connectivity index (χ1n) is 6.40. The van der Waals surface area contributed by atoms with Crippen LogP contribution in [-0.2, 0) is 13.8 Å². The van der Waals surface area contributed by atoms with Crippen LogP contribution in [-0.4, -0.2) is 64.4 Å². The van der Waals surface area contributed by atoms with E-state index in [0.717, 1.165) is 6.33 Å². The zero-order chi connectivity index (χ0) is 16.8. The van der Waals surface area contributed by atoms with Crippen molar-refractivity contribution in [3.8, 4) is 0 Å². The van der Waals surface area contributed by atoms with Gasteiger partial charge in [-0.15, -0.1) is 12.4 Å². The number of nitrogens with zero attached hydrogens (tertiary/aromatic N) is 3. The number of hydrogen-bond acceptors (Lipinski definition) is 8. The van der Waals surface area contributed by atoms with E-state index in [2.05, 4.69) is 19.5 Å². The second-order valence-corrected chi connectivity index (χ2v) is 6.13. The number of fused-ring (bicyclic) bond motifs is 1. The number of phosphoric ester groups is 1. The summed E-state index contributed by atoms with van der Waals surface area (Å²) >= 11 is 0. The van der Waals surface area contributed by atoms with Crippen molar-refractivity contribution in [1.29, 1.82) is 0 Å². The lowest BCUT2D eigenvalue weighted by Crippen LogP contribution is -2.33. The lowest BCUT2D eigenvalue weighted by atomic mass is 10.1. The number of aromatic amines is 1. The Morgan fingerprint density at radius 3 is 2.71 bits per heavy atom. The Bertz CT molecular complexity index is 821. The number of hydrogen-bond donors (Lipinski definition) is 5. The lowest BCUT2D eigenvalue weighted by molar-refractivity contribution is -0.0504. The highest BCUT2D eigenvalue weighted by Gasteiger charge is 2.45. The summed E-state index contributed by atoms with van der Waals surface area (Å²) in [7, 11) is -4.74. The molecule has 0 aromatic carbocycles. The Balaban J connectivity index is 0.00000208. The van der Waals surface area contributed by atoms with Crippen molar-refractivity contribution < 1.29 is 33.8 Å². The third-order valence-electron chi connectivity index (χ3n) is 3.38. The SMILES string of the molecule is Cl.O=c1[nH]cnc2c1ncn2[C@@H]1O[C@H](COP(=O)(O)O)[C@@H](O)[C@H]1O. The minimum Gasteiger partial charge on any atom is -0.387 e. The first kappa shape index (κ1) is 19.0. The van der Waals surface area contributed by atoms with Gasteiger partial charge in [0.1, 0.15) is 18.3 Å². The molecule has 2 aromatic heterocycles. The Kier molecular flexibility index (Phi) is 5.42. The van der Waals surface area contributed by atoms with Gasteiger partial charge in [-0.25, -0.2) is 14.5 Å². The van der Waals surface area contributed by atoms with Crippen LogP contribution >= 0.6 is 20.2 Å². The van der Waals surface area contributed by atoms with E-state index in [-0.39, 0.29) is 23.6 Å². The minimum atomic E-state index is -4.74. The molecule has 0 amide bonds. The number of aliphatic hydroxyl groups excluding tert-OH is 2. The molecule has 3 heterocycles. The van der Waals surface area contributed by atoms with E-state index in [1.165, 1.54) is 10.9 Å². The zero-order valence-corrected chi connectivity index (χ0v) is 13.5. The van der Waals surface area contributed by atoms with E-state index >= 15 is 0 Å². The summed E-state index contributed by atoms with van der Waals surface area (Å²) in [6.45, 7) is -0.625. The number of ether oxygens (including phenoxy) is 1. The quantitative estimate of drug-likeness (QED) is 0.380. The number of phosphoric acid groups is 1. The number of aliphatic hydroxyl groups is 2. The lowest BCUT2D eigenvalue weighted by Gasteiger charge is -2.16. The Morgan fingerprint density at radius 1 is 1.33 bits per heavy atom. The molecule has 0 radical (unpaired) electrons. The van der Waals surface area contributed by atoms with Gasteiger partial charge in [-0.3, -0.25) is 13.9 Å². The Morgan fingerprint density at radius 2 is 2.04 bits per heavy atom. The number of halogens is 1. The molecular weight excluding hydrogens is 371 g/mol. The molecule has 12 nitrogen and oxygen atoms in total. The fraction of sp³-hybridized carbons (Fsp3) is 0.500. The number of aromatic nitrogens is 4. The molecule has 4 atom stereocenters. The van der Waals surface area contributed by atoms with Crippen LogP contribution in [0.1, 0.15) is 6.23 Å². The van der Waals surface area contributed by atoms with Crippen LogP contribution in [0.4, 0.5) is 0 Å². The average Bonchev–Trinajstić information content (AvgIpc) is 3.01. The molecule has 0 spiro atoms. The second-order valence-electron chi connectivity index (χ2n) is 4.89. The van der Waals surface area contributed by atoms with Crippen LogP contribution in [0.15, 0.2) is 17.4 Å². The molecular formula is C10H14ClN4O8P. The largest absolute Gasteiger partial charge is 0.469 e. The van der Waals surface area contributed by atoms with Gasteiger partial charge in [0.05, 0.1) is 19.3 Å². The van der Waals surface area contributed by atoms with E-state index in [1.54, 1.807) is 0 Å². The molecule has 24 heavy (non-hydrogen) atoms. The van der Waals surface area contributed by atoms with E-state index < -0.39 is 44.5 Å². The van der Waals surface area contributed by atoms with Crippen molar-refractivity contribution in [2.45, 2.75) is 24.5 Å². The zero-order valence-electron chi connectivity index (χ0n) is 11.8. The highest BCUT2D eigenvalue weighted by molar-refractivity contribution is 7.46. The van der Waals surface area contributed by atoms with Crippen LogP contribution in [0.3, 0.4) is 0 Å². The van der Waals surface area contributed by atoms with E-state index in [9.17, 15) is 19.6 Å². The number of imidazole rings is 1. The second kappa shape index (κ2) is 6.86. The van der Waals surface area contributed by atoms with Crippen LogP contribution in [0.2, 0.25) is 0 Å². The van der Waals surface area contributed by atoms with Crippen molar-refractivity contribution in [3.63, 3.8) is 0 Å². The van der Waals surface area contributed by atoms with Gasteiger partial charge >= 0.3 is 7.82 Å². The molecule has 1 aliphatic rings. The van der Waals surface area contributed by atoms with Crippen LogP contribution in [0.25, 0.3) is 11.2 Å². The van der Waals surface area contributed by atoms with E-state index in [1.807, 2.05) is 0 Å². The number of nitrogens with one attached hydrogen (secondary N) is 1. The number of H-pyrrole nitrogens is 1. The van der Waals surface area contributed by atoms with E-state index in [4.69, 9.17) is 14.5 Å². The van der Waals surface area contributed by atoms with Crippen molar-refractivity contribution in [2.75, 3.05) is 6.61 Å². The first-order chi connectivity index (χ1) is 10.8. The third kappa shape index (κ3) is 3.50. The minimum absolute atomic E-state index is 0. The van der Waals surface area contributed by atoms with Gasteiger partial charge in [0.15, 0.2) is 17.4 Å². The molecule has 0 bridgehead atoms. The predicted octanol–water partition coefficient (Wildman–Crippen LogP) is -1.73. The van der Waals surface area contributed by atoms with Gasteiger partial charge in [-0.1, -0.05) is 0 Å². The summed E-state index contributed by atoms with van der Waals surface area (Å²) in [5.74, 6) is 0. The van der Waals surface area contributed by atoms with Gasteiger partial charge in [0, 0.05) is 0 Å². The summed E-state index contributed by atoms with van der Waals surface area (Å²) in [6.07, 6.45) is -2.85. The first-order valence-corrected chi connectivity index (χ1v) is 7.93. The summed E-state index contributed by atoms with van der Waals surface area (Å²) in [5.41, 5.74) is -0.336. The molecule has 0 aliphatic carbocycles. The Labute approximate surface area is 139 Å². The van der Waals surface area contributed by atoms with Gasteiger partial charge in [0.25, 0.3) is 5.56 Å². The highest BCUT2D eigenvalue weighted by atomic mass is 35.5. The molecule has 0 unspecified atom stereocenters. The molecule has 1 aliphatic heterocycles. The standard InChI is InChI=1S/C10H13N4O8P.ClH/c15-6-4(1-21-23(18,19)20)22-10(7(6)16)14-3-13-5-8(14)11-2-12-9(5)17;/h2-4,6-7,10,15-16H,1H2,(H,11,12,17)(H2,18,19,20);1H/t4-,6-,7-,10-;/m1./s1. The summed E-state index contributed by atoms with van der Waals surface area (Å²) in [5, 5.41) is 20.0. The smallest absolute Gasteiger partial charge is 0.387 e. The van der Waals surface area contributed by atoms with E-state index in [0.29, 0.717) is 0 Å². The van der Waals surface area contributed by atoms with Crippen LogP contribution < -0.4 is 5.56 Å². The van der Waals surface area contributed by atoms with Gasteiger partial charge in [0.2, 0.25) is 0 Å². The molecule has 3 rings (SSSR count). The van der Waals surface area contributed by atoms with Crippen LogP contribution in [0.5, 0.6) is 0 Å².